The molecule has 0 N–H and O–H groups in total. The van der Waals surface area contributed by atoms with E-state index in [-0.39, 0.29) is 0 Å². The molecule has 2 aliphatic heterocycles. The fraction of sp³-hybridized carbons (Fsp3) is 1.00. The van der Waals surface area contributed by atoms with Gasteiger partial charge in [0.15, 0.2) is 0 Å². The summed E-state index contributed by atoms with van der Waals surface area (Å²) in [5, 5.41) is 5.39. The molecule has 0 nitrogen and oxygen atoms in total. The summed E-state index contributed by atoms with van der Waals surface area (Å²) in [7, 11) is 0. The SMILES string of the molecule is C([Se]CC1CS1)[Se]CC1CS1. The molecule has 4 heteroatoms. The van der Waals surface area contributed by atoms with E-state index >= 15 is 0 Å². The van der Waals surface area contributed by atoms with Gasteiger partial charge in [-0.25, -0.2) is 0 Å². The second-order valence-electron chi connectivity index (χ2n) is 2.77. The topological polar surface area (TPSA) is 0 Å². The van der Waals surface area contributed by atoms with Crippen LogP contribution in [-0.4, -0.2) is 51.9 Å². The predicted octanol–water partition coefficient (Wildman–Crippen LogP) is 1.84. The first-order valence-corrected chi connectivity index (χ1v) is 10.8. The Labute approximate surface area is 89.7 Å². The molecule has 2 aliphatic rings. The minimum atomic E-state index is 1.02. The molecule has 0 aromatic rings. The molecular weight excluding hydrogens is 306 g/mol. The Morgan fingerprint density at radius 1 is 1.00 bits per heavy atom. The number of hydrogen-bond donors (Lipinski definition) is 0. The Bertz CT molecular complexity index is 110. The van der Waals surface area contributed by atoms with Gasteiger partial charge in [0.25, 0.3) is 0 Å². The van der Waals surface area contributed by atoms with Gasteiger partial charge < -0.3 is 0 Å². The van der Waals surface area contributed by atoms with Gasteiger partial charge in [-0.3, -0.25) is 0 Å². The van der Waals surface area contributed by atoms with E-state index in [0.717, 1.165) is 40.4 Å². The van der Waals surface area contributed by atoms with Crippen molar-refractivity contribution in [3.05, 3.63) is 0 Å². The first-order valence-electron chi connectivity index (χ1n) is 3.84. The summed E-state index contributed by atoms with van der Waals surface area (Å²) < 4.78 is 1.62. The van der Waals surface area contributed by atoms with Crippen molar-refractivity contribution in [1.29, 1.82) is 0 Å². The van der Waals surface area contributed by atoms with E-state index in [2.05, 4.69) is 23.5 Å². The molecule has 0 amide bonds. The van der Waals surface area contributed by atoms with E-state index in [0.29, 0.717) is 0 Å². The van der Waals surface area contributed by atoms with E-state index in [4.69, 9.17) is 0 Å². The summed E-state index contributed by atoms with van der Waals surface area (Å²) in [6.07, 6.45) is 0. The van der Waals surface area contributed by atoms with Crippen molar-refractivity contribution in [1.82, 2.24) is 0 Å². The molecular formula is C7H12S2Se2. The van der Waals surface area contributed by atoms with Gasteiger partial charge in [0.1, 0.15) is 0 Å². The van der Waals surface area contributed by atoms with Crippen molar-refractivity contribution in [3.8, 4) is 0 Å². The molecule has 2 saturated heterocycles. The van der Waals surface area contributed by atoms with Crippen molar-refractivity contribution < 1.29 is 0 Å². The maximum atomic E-state index is 2.16. The average molecular weight is 318 g/mol. The van der Waals surface area contributed by atoms with Crippen molar-refractivity contribution in [2.24, 2.45) is 0 Å². The van der Waals surface area contributed by atoms with Crippen molar-refractivity contribution >= 4 is 53.4 Å². The second-order valence-corrected chi connectivity index (χ2v) is 11.6. The van der Waals surface area contributed by atoms with Crippen molar-refractivity contribution in [2.75, 3.05) is 11.5 Å². The van der Waals surface area contributed by atoms with Crippen LogP contribution in [0.25, 0.3) is 0 Å². The normalized spacial score (nSPS) is 33.8. The van der Waals surface area contributed by atoms with Gasteiger partial charge >= 0.3 is 90.3 Å². The summed E-state index contributed by atoms with van der Waals surface area (Å²) in [5.74, 6) is 2.96. The first kappa shape index (κ1) is 9.30. The molecule has 2 atom stereocenters. The van der Waals surface area contributed by atoms with Crippen LogP contribution < -0.4 is 0 Å². The number of hydrogen-bond acceptors (Lipinski definition) is 2. The molecule has 0 aromatic heterocycles. The zero-order valence-electron chi connectivity index (χ0n) is 6.32. The summed E-state index contributed by atoms with van der Waals surface area (Å²) in [4.78, 5) is 0. The fourth-order valence-corrected chi connectivity index (χ4v) is 9.96. The molecule has 2 unspecified atom stereocenters. The van der Waals surface area contributed by atoms with Crippen molar-refractivity contribution in [2.45, 2.75) is 25.4 Å². The summed E-state index contributed by atoms with van der Waals surface area (Å²) in [5.41, 5.74) is 0. The summed E-state index contributed by atoms with van der Waals surface area (Å²) in [6, 6.07) is 0. The Kier molecular flexibility index (Phi) is 4.08. The zero-order valence-corrected chi connectivity index (χ0v) is 11.4. The van der Waals surface area contributed by atoms with E-state index in [9.17, 15) is 0 Å². The van der Waals surface area contributed by atoms with E-state index in [1.165, 1.54) is 11.5 Å². The van der Waals surface area contributed by atoms with E-state index in [1.54, 1.807) is 14.9 Å². The van der Waals surface area contributed by atoms with Crippen LogP contribution >= 0.6 is 23.5 Å². The van der Waals surface area contributed by atoms with Crippen LogP contribution in [0.2, 0.25) is 14.9 Å². The minimum absolute atomic E-state index is 1.02. The summed E-state index contributed by atoms with van der Waals surface area (Å²) >= 11 is 6.37. The fourth-order valence-electron chi connectivity index (χ4n) is 0.747. The second kappa shape index (κ2) is 4.83. The molecule has 0 aromatic carbocycles. The van der Waals surface area contributed by atoms with Crippen LogP contribution in [0.3, 0.4) is 0 Å². The molecule has 0 aliphatic carbocycles. The molecule has 11 heavy (non-hydrogen) atoms. The monoisotopic (exact) mass is 320 g/mol. The van der Waals surface area contributed by atoms with Gasteiger partial charge in [-0.1, -0.05) is 0 Å². The van der Waals surface area contributed by atoms with Crippen LogP contribution in [0.4, 0.5) is 0 Å². The Hall–Kier alpha value is 1.74. The van der Waals surface area contributed by atoms with Gasteiger partial charge in [0.2, 0.25) is 0 Å². The predicted molar refractivity (Wildman–Crippen MR) is 58.4 cm³/mol. The third-order valence-electron chi connectivity index (χ3n) is 1.58. The Morgan fingerprint density at radius 2 is 1.45 bits per heavy atom. The van der Waals surface area contributed by atoms with Gasteiger partial charge in [0.05, 0.1) is 0 Å². The molecule has 64 valence electrons. The average Bonchev–Trinajstić information content (AvgIpc) is 2.83. The van der Waals surface area contributed by atoms with Crippen molar-refractivity contribution in [3.63, 3.8) is 0 Å². The zero-order chi connectivity index (χ0) is 7.52. The van der Waals surface area contributed by atoms with Gasteiger partial charge in [-0.05, 0) is 0 Å². The van der Waals surface area contributed by atoms with Gasteiger partial charge in [-0.2, -0.15) is 0 Å². The molecule has 0 spiro atoms. The van der Waals surface area contributed by atoms with Crippen LogP contribution in [0.1, 0.15) is 0 Å². The molecule has 0 radical (unpaired) electrons. The first-order chi connectivity index (χ1) is 5.45. The van der Waals surface area contributed by atoms with Crippen LogP contribution in [0.5, 0.6) is 0 Å². The number of rotatable bonds is 6. The quantitative estimate of drug-likeness (QED) is 0.416. The molecule has 0 saturated carbocycles. The van der Waals surface area contributed by atoms with E-state index < -0.39 is 0 Å². The summed E-state index contributed by atoms with van der Waals surface area (Å²) in [6.45, 7) is 0. The van der Waals surface area contributed by atoms with Crippen LogP contribution in [0, 0.1) is 0 Å². The van der Waals surface area contributed by atoms with Gasteiger partial charge in [-0.15, -0.1) is 0 Å². The van der Waals surface area contributed by atoms with Crippen LogP contribution in [-0.2, 0) is 0 Å². The maximum absolute atomic E-state index is 2.16. The third kappa shape index (κ3) is 4.49. The van der Waals surface area contributed by atoms with Gasteiger partial charge in [0, 0.05) is 0 Å². The molecule has 2 heterocycles. The number of thioether (sulfide) groups is 2. The standard InChI is InChI=1S/C7H12S2Se2/c1-6(8-1)3-10-5-11-4-7-2-9-7/h6-7H,1-5H2. The molecule has 2 fully saturated rings. The van der Waals surface area contributed by atoms with E-state index in [1.807, 2.05) is 0 Å². The Balaban J connectivity index is 1.35. The Morgan fingerprint density at radius 3 is 1.82 bits per heavy atom. The van der Waals surface area contributed by atoms with Crippen LogP contribution in [0.15, 0.2) is 0 Å². The third-order valence-corrected chi connectivity index (χ3v) is 11.5. The molecule has 2 rings (SSSR count). The molecule has 0 bridgehead atoms.